The first-order valence-electron chi connectivity index (χ1n) is 3.98. The molecule has 0 N–H and O–H groups in total. The molecule has 1 aliphatic heterocycles. The lowest BCUT2D eigenvalue weighted by molar-refractivity contribution is -0.140. The van der Waals surface area contributed by atoms with Crippen LogP contribution in [0.5, 0.6) is 0 Å². The van der Waals surface area contributed by atoms with E-state index < -0.39 is 7.26 Å². The molecule has 64 valence electrons. The van der Waals surface area contributed by atoms with Gasteiger partial charge in [0, 0.05) is 20.6 Å². The van der Waals surface area contributed by atoms with Crippen molar-refractivity contribution in [1.82, 2.24) is 0 Å². The van der Waals surface area contributed by atoms with Crippen LogP contribution in [0.4, 0.5) is 0 Å². The molecule has 1 aliphatic rings. The second-order valence-electron chi connectivity index (χ2n) is 3.68. The first kappa shape index (κ1) is 8.99. The van der Waals surface area contributed by atoms with Gasteiger partial charge in [-0.3, -0.25) is 0 Å². The Morgan fingerprint density at radius 1 is 1.55 bits per heavy atom. The molecule has 3 heteroatoms. The SMILES string of the molecule is COC(=O)[C@H]1CCC[P+]1(C)C. The Labute approximate surface area is 68.6 Å². The van der Waals surface area contributed by atoms with E-state index in [4.69, 9.17) is 4.74 Å². The molecule has 11 heavy (non-hydrogen) atoms. The third-order valence-corrected chi connectivity index (χ3v) is 6.15. The van der Waals surface area contributed by atoms with Crippen molar-refractivity contribution in [3.05, 3.63) is 0 Å². The zero-order valence-electron chi connectivity index (χ0n) is 7.46. The third kappa shape index (κ3) is 1.73. The minimum atomic E-state index is -0.951. The van der Waals surface area contributed by atoms with Crippen LogP contribution in [0.3, 0.4) is 0 Å². The Bertz CT molecular complexity index is 165. The van der Waals surface area contributed by atoms with Crippen molar-refractivity contribution >= 4 is 13.2 Å². The Kier molecular flexibility index (Phi) is 2.54. The third-order valence-electron chi connectivity index (χ3n) is 2.53. The van der Waals surface area contributed by atoms with E-state index >= 15 is 0 Å². The van der Waals surface area contributed by atoms with E-state index in [2.05, 4.69) is 13.3 Å². The van der Waals surface area contributed by atoms with Gasteiger partial charge in [-0.05, 0) is 12.8 Å². The topological polar surface area (TPSA) is 26.3 Å². The Hall–Kier alpha value is -0.100. The maximum atomic E-state index is 11.2. The smallest absolute Gasteiger partial charge is 0.346 e. The molecule has 0 aromatic heterocycles. The van der Waals surface area contributed by atoms with Crippen LogP contribution in [0.15, 0.2) is 0 Å². The summed E-state index contributed by atoms with van der Waals surface area (Å²) in [6.45, 7) is 4.50. The van der Waals surface area contributed by atoms with Crippen LogP contribution in [0.2, 0.25) is 0 Å². The molecule has 0 aliphatic carbocycles. The van der Waals surface area contributed by atoms with Crippen molar-refractivity contribution in [2.75, 3.05) is 26.6 Å². The standard InChI is InChI=1S/C8H16O2P/c1-10-8(9)7-5-4-6-11(7,2)3/h7H,4-6H2,1-3H3/q+1/t7-/m1/s1. The Morgan fingerprint density at radius 2 is 2.18 bits per heavy atom. The number of methoxy groups -OCH3 is 1. The van der Waals surface area contributed by atoms with Crippen LogP contribution in [0.1, 0.15) is 12.8 Å². The molecular formula is C8H16O2P+. The van der Waals surface area contributed by atoms with E-state index in [0.29, 0.717) is 0 Å². The fourth-order valence-electron chi connectivity index (χ4n) is 1.74. The van der Waals surface area contributed by atoms with Crippen LogP contribution in [0, 0.1) is 0 Å². The summed E-state index contributed by atoms with van der Waals surface area (Å²) in [5.41, 5.74) is 0.243. The number of hydrogen-bond acceptors (Lipinski definition) is 2. The molecule has 1 atom stereocenters. The molecule has 0 spiro atoms. The van der Waals surface area contributed by atoms with Crippen LogP contribution < -0.4 is 0 Å². The number of rotatable bonds is 1. The second kappa shape index (κ2) is 3.10. The molecule has 1 saturated heterocycles. The van der Waals surface area contributed by atoms with E-state index in [-0.39, 0.29) is 11.6 Å². The summed E-state index contributed by atoms with van der Waals surface area (Å²) < 4.78 is 4.76. The molecule has 1 rings (SSSR count). The number of esters is 1. The maximum absolute atomic E-state index is 11.2. The van der Waals surface area contributed by atoms with Crippen LogP contribution in [-0.4, -0.2) is 38.2 Å². The molecule has 0 radical (unpaired) electrons. The quantitative estimate of drug-likeness (QED) is 0.447. The monoisotopic (exact) mass is 175 g/mol. The summed E-state index contributed by atoms with van der Waals surface area (Å²) in [5.74, 6) is 0.0147. The number of hydrogen-bond donors (Lipinski definition) is 0. The second-order valence-corrected chi connectivity index (χ2v) is 8.31. The van der Waals surface area contributed by atoms with Gasteiger partial charge in [-0.1, -0.05) is 0 Å². The highest BCUT2D eigenvalue weighted by atomic mass is 31.2. The zero-order valence-corrected chi connectivity index (χ0v) is 8.36. The van der Waals surface area contributed by atoms with Crippen LogP contribution in [-0.2, 0) is 9.53 Å². The van der Waals surface area contributed by atoms with Crippen LogP contribution in [0.25, 0.3) is 0 Å². The van der Waals surface area contributed by atoms with Gasteiger partial charge in [0.25, 0.3) is 0 Å². The van der Waals surface area contributed by atoms with E-state index in [9.17, 15) is 4.79 Å². The molecule has 0 aromatic rings. The number of ether oxygens (including phenoxy) is 1. The summed E-state index contributed by atoms with van der Waals surface area (Å²) in [4.78, 5) is 11.2. The fraction of sp³-hybridized carbons (Fsp3) is 0.875. The van der Waals surface area contributed by atoms with E-state index in [1.165, 1.54) is 19.7 Å². The van der Waals surface area contributed by atoms with E-state index in [1.54, 1.807) is 0 Å². The van der Waals surface area contributed by atoms with Crippen molar-refractivity contribution in [3.63, 3.8) is 0 Å². The van der Waals surface area contributed by atoms with Gasteiger partial charge in [-0.15, -0.1) is 0 Å². The number of carbonyl (C=O) groups is 1. The predicted molar refractivity (Wildman–Crippen MR) is 48.7 cm³/mol. The average Bonchev–Trinajstić information content (AvgIpc) is 2.28. The van der Waals surface area contributed by atoms with Crippen molar-refractivity contribution in [2.45, 2.75) is 18.5 Å². The lowest BCUT2D eigenvalue weighted by Gasteiger charge is -2.17. The van der Waals surface area contributed by atoms with E-state index in [0.717, 1.165) is 6.42 Å². The molecule has 1 fully saturated rings. The first-order valence-corrected chi connectivity index (χ1v) is 6.92. The zero-order chi connectivity index (χ0) is 8.48. The minimum Gasteiger partial charge on any atom is -0.466 e. The van der Waals surface area contributed by atoms with Gasteiger partial charge in [0.2, 0.25) is 0 Å². The Balaban J connectivity index is 2.64. The minimum absolute atomic E-state index is 0.0147. The lowest BCUT2D eigenvalue weighted by Crippen LogP contribution is -2.21. The molecular weight excluding hydrogens is 159 g/mol. The molecule has 0 aromatic carbocycles. The van der Waals surface area contributed by atoms with Crippen LogP contribution >= 0.6 is 7.26 Å². The Morgan fingerprint density at radius 3 is 2.55 bits per heavy atom. The summed E-state index contributed by atoms with van der Waals surface area (Å²) in [6.07, 6.45) is 3.51. The average molecular weight is 175 g/mol. The van der Waals surface area contributed by atoms with Crippen molar-refractivity contribution < 1.29 is 9.53 Å². The van der Waals surface area contributed by atoms with Gasteiger partial charge < -0.3 is 4.74 Å². The molecule has 2 nitrogen and oxygen atoms in total. The highest BCUT2D eigenvalue weighted by Gasteiger charge is 2.46. The molecule has 0 saturated carbocycles. The highest BCUT2D eigenvalue weighted by Crippen LogP contribution is 2.62. The lowest BCUT2D eigenvalue weighted by atomic mass is 10.2. The molecule has 0 bridgehead atoms. The summed E-state index contributed by atoms with van der Waals surface area (Å²) in [6, 6.07) is 0. The molecule has 1 heterocycles. The van der Waals surface area contributed by atoms with E-state index in [1.807, 2.05) is 0 Å². The predicted octanol–water partition coefficient (Wildman–Crippen LogP) is 1.60. The largest absolute Gasteiger partial charge is 0.466 e. The van der Waals surface area contributed by atoms with Crippen molar-refractivity contribution in [1.29, 1.82) is 0 Å². The van der Waals surface area contributed by atoms with Crippen molar-refractivity contribution in [2.24, 2.45) is 0 Å². The summed E-state index contributed by atoms with van der Waals surface area (Å²) in [7, 11) is 0.536. The molecule has 0 amide bonds. The van der Waals surface area contributed by atoms with Gasteiger partial charge in [0.1, 0.15) is 0 Å². The van der Waals surface area contributed by atoms with Gasteiger partial charge in [0.05, 0.1) is 13.3 Å². The normalized spacial score (nSPS) is 28.5. The van der Waals surface area contributed by atoms with Gasteiger partial charge in [-0.25, -0.2) is 4.79 Å². The molecule has 0 unspecified atom stereocenters. The van der Waals surface area contributed by atoms with Crippen molar-refractivity contribution in [3.8, 4) is 0 Å². The summed E-state index contributed by atoms with van der Waals surface area (Å²) in [5, 5.41) is 0. The maximum Gasteiger partial charge on any atom is 0.346 e. The highest BCUT2D eigenvalue weighted by molar-refractivity contribution is 7.76. The fourth-order valence-corrected chi connectivity index (χ4v) is 4.60. The van der Waals surface area contributed by atoms with Gasteiger partial charge in [-0.2, -0.15) is 0 Å². The van der Waals surface area contributed by atoms with Gasteiger partial charge >= 0.3 is 5.97 Å². The first-order chi connectivity index (χ1) is 5.08. The van der Waals surface area contributed by atoms with Gasteiger partial charge in [0.15, 0.2) is 5.66 Å². The number of carbonyl (C=O) groups excluding carboxylic acids is 1. The summed E-state index contributed by atoms with van der Waals surface area (Å²) >= 11 is 0.